The Morgan fingerprint density at radius 3 is 2.81 bits per heavy atom. The Morgan fingerprint density at radius 2 is 2.19 bits per heavy atom. The number of hydrogen-bond donors (Lipinski definition) is 1. The fourth-order valence-corrected chi connectivity index (χ4v) is 1.37. The third kappa shape index (κ3) is 1.95. The molecule has 6 heteroatoms. The van der Waals surface area contributed by atoms with Crippen molar-refractivity contribution in [3.8, 4) is 5.88 Å². The van der Waals surface area contributed by atoms with Gasteiger partial charge in [-0.2, -0.15) is 5.10 Å². The molecule has 0 saturated carbocycles. The fourth-order valence-electron chi connectivity index (χ4n) is 1.37. The zero-order chi connectivity index (χ0) is 11.5. The van der Waals surface area contributed by atoms with Crippen molar-refractivity contribution < 1.29 is 4.74 Å². The zero-order valence-electron chi connectivity index (χ0n) is 9.43. The summed E-state index contributed by atoms with van der Waals surface area (Å²) in [5.74, 6) is 2.00. The Bertz CT molecular complexity index is 494. The van der Waals surface area contributed by atoms with Crippen LogP contribution in [0.4, 0.5) is 11.6 Å². The lowest BCUT2D eigenvalue weighted by Gasteiger charge is -2.08. The second kappa shape index (κ2) is 4.18. The number of aryl methyl sites for hydroxylation is 1. The van der Waals surface area contributed by atoms with E-state index in [-0.39, 0.29) is 0 Å². The highest BCUT2D eigenvalue weighted by Gasteiger charge is 2.07. The predicted molar refractivity (Wildman–Crippen MR) is 59.8 cm³/mol. The lowest BCUT2D eigenvalue weighted by Crippen LogP contribution is -2.01. The average molecular weight is 219 g/mol. The summed E-state index contributed by atoms with van der Waals surface area (Å²) in [4.78, 5) is 8.15. The molecule has 0 atom stereocenters. The van der Waals surface area contributed by atoms with Crippen molar-refractivity contribution in [3.05, 3.63) is 24.2 Å². The van der Waals surface area contributed by atoms with E-state index in [0.717, 1.165) is 11.4 Å². The van der Waals surface area contributed by atoms with Gasteiger partial charge in [0.15, 0.2) is 5.82 Å². The summed E-state index contributed by atoms with van der Waals surface area (Å²) >= 11 is 0. The number of anilines is 2. The first-order valence-corrected chi connectivity index (χ1v) is 4.83. The van der Waals surface area contributed by atoms with Crippen LogP contribution in [0.5, 0.6) is 5.88 Å². The first-order chi connectivity index (χ1) is 7.70. The first-order valence-electron chi connectivity index (χ1n) is 4.83. The van der Waals surface area contributed by atoms with Crippen molar-refractivity contribution in [2.75, 3.05) is 12.4 Å². The minimum Gasteiger partial charge on any atom is -0.481 e. The molecule has 2 aromatic heterocycles. The van der Waals surface area contributed by atoms with Gasteiger partial charge in [0.1, 0.15) is 12.1 Å². The van der Waals surface area contributed by atoms with Crippen LogP contribution in [0.3, 0.4) is 0 Å². The highest BCUT2D eigenvalue weighted by molar-refractivity contribution is 5.57. The summed E-state index contributed by atoms with van der Waals surface area (Å²) in [5, 5.41) is 7.31. The van der Waals surface area contributed by atoms with Gasteiger partial charge in [-0.25, -0.2) is 9.97 Å². The number of ether oxygens (including phenoxy) is 1. The summed E-state index contributed by atoms with van der Waals surface area (Å²) in [6.45, 7) is 1.89. The van der Waals surface area contributed by atoms with Gasteiger partial charge in [0.05, 0.1) is 12.7 Å². The second-order valence-corrected chi connectivity index (χ2v) is 3.36. The maximum atomic E-state index is 5.11. The topological polar surface area (TPSA) is 64.9 Å². The Balaban J connectivity index is 2.28. The van der Waals surface area contributed by atoms with Gasteiger partial charge in [-0.1, -0.05) is 0 Å². The van der Waals surface area contributed by atoms with Gasteiger partial charge in [-0.3, -0.25) is 4.68 Å². The Morgan fingerprint density at radius 1 is 1.38 bits per heavy atom. The standard InChI is InChI=1S/C10H13N5O/c1-7-9(11-6-12-10(7)16-3)13-8-4-5-15(2)14-8/h4-6H,1-3H3,(H,11,12,13,14). The molecule has 2 aromatic rings. The van der Waals surface area contributed by atoms with Gasteiger partial charge in [0, 0.05) is 19.3 Å². The van der Waals surface area contributed by atoms with Crippen LogP contribution >= 0.6 is 0 Å². The van der Waals surface area contributed by atoms with E-state index < -0.39 is 0 Å². The van der Waals surface area contributed by atoms with Crippen molar-refractivity contribution in [1.29, 1.82) is 0 Å². The largest absolute Gasteiger partial charge is 0.481 e. The van der Waals surface area contributed by atoms with E-state index in [9.17, 15) is 0 Å². The first kappa shape index (κ1) is 10.4. The van der Waals surface area contributed by atoms with Gasteiger partial charge in [-0.15, -0.1) is 0 Å². The Labute approximate surface area is 93.3 Å². The normalized spacial score (nSPS) is 10.2. The lowest BCUT2D eigenvalue weighted by molar-refractivity contribution is 0.394. The molecule has 0 bridgehead atoms. The summed E-state index contributed by atoms with van der Waals surface area (Å²) in [5.41, 5.74) is 0.857. The highest BCUT2D eigenvalue weighted by atomic mass is 16.5. The minimum atomic E-state index is 0.563. The number of nitrogens with zero attached hydrogens (tertiary/aromatic N) is 4. The van der Waals surface area contributed by atoms with Crippen molar-refractivity contribution in [3.63, 3.8) is 0 Å². The van der Waals surface area contributed by atoms with E-state index in [1.54, 1.807) is 11.8 Å². The maximum absolute atomic E-state index is 5.11. The highest BCUT2D eigenvalue weighted by Crippen LogP contribution is 2.22. The summed E-state index contributed by atoms with van der Waals surface area (Å²) in [6, 6.07) is 1.87. The molecule has 2 rings (SSSR count). The summed E-state index contributed by atoms with van der Waals surface area (Å²) in [7, 11) is 3.44. The lowest BCUT2D eigenvalue weighted by atomic mass is 10.3. The van der Waals surface area contributed by atoms with Crippen molar-refractivity contribution in [2.24, 2.45) is 7.05 Å². The fraction of sp³-hybridized carbons (Fsp3) is 0.300. The van der Waals surface area contributed by atoms with Crippen LogP contribution in [0, 0.1) is 6.92 Å². The second-order valence-electron chi connectivity index (χ2n) is 3.36. The average Bonchev–Trinajstić information content (AvgIpc) is 2.67. The van der Waals surface area contributed by atoms with Crippen molar-refractivity contribution in [1.82, 2.24) is 19.7 Å². The third-order valence-electron chi connectivity index (χ3n) is 2.19. The Hall–Kier alpha value is -2.11. The van der Waals surface area contributed by atoms with E-state index in [1.165, 1.54) is 6.33 Å². The molecule has 0 radical (unpaired) electrons. The van der Waals surface area contributed by atoms with Crippen molar-refractivity contribution >= 4 is 11.6 Å². The van der Waals surface area contributed by atoms with Gasteiger partial charge < -0.3 is 10.1 Å². The molecule has 0 saturated heterocycles. The Kier molecular flexibility index (Phi) is 2.72. The van der Waals surface area contributed by atoms with Gasteiger partial charge in [0.25, 0.3) is 0 Å². The smallest absolute Gasteiger partial charge is 0.221 e. The maximum Gasteiger partial charge on any atom is 0.221 e. The number of nitrogens with one attached hydrogen (secondary N) is 1. The molecule has 0 aliphatic rings. The molecule has 0 aliphatic heterocycles. The van der Waals surface area contributed by atoms with Crippen molar-refractivity contribution in [2.45, 2.75) is 6.92 Å². The third-order valence-corrected chi connectivity index (χ3v) is 2.19. The molecule has 2 heterocycles. The molecular weight excluding hydrogens is 206 g/mol. The molecule has 0 fully saturated rings. The van der Waals surface area contributed by atoms with Gasteiger partial charge >= 0.3 is 0 Å². The molecule has 0 amide bonds. The summed E-state index contributed by atoms with van der Waals surface area (Å²) < 4.78 is 6.83. The molecule has 0 spiro atoms. The summed E-state index contributed by atoms with van der Waals surface area (Å²) in [6.07, 6.45) is 3.31. The van der Waals surface area contributed by atoms with Crippen LogP contribution in [-0.4, -0.2) is 26.9 Å². The predicted octanol–water partition coefficient (Wildman–Crippen LogP) is 1.27. The zero-order valence-corrected chi connectivity index (χ0v) is 9.43. The van der Waals surface area contributed by atoms with E-state index in [2.05, 4.69) is 20.4 Å². The number of methoxy groups -OCH3 is 1. The van der Waals surface area contributed by atoms with Crippen LogP contribution in [0.1, 0.15) is 5.56 Å². The molecule has 0 aliphatic carbocycles. The van der Waals surface area contributed by atoms with Gasteiger partial charge in [-0.05, 0) is 6.92 Å². The number of aromatic nitrogens is 4. The molecule has 1 N–H and O–H groups in total. The van der Waals surface area contributed by atoms with Crippen LogP contribution in [0.15, 0.2) is 18.6 Å². The quantitative estimate of drug-likeness (QED) is 0.842. The molecule has 6 nitrogen and oxygen atoms in total. The molecular formula is C10H13N5O. The van der Waals surface area contributed by atoms with Gasteiger partial charge in [0.2, 0.25) is 5.88 Å². The van der Waals surface area contributed by atoms with Crippen LogP contribution in [-0.2, 0) is 7.05 Å². The SMILES string of the molecule is COc1ncnc(Nc2ccn(C)n2)c1C. The molecule has 0 unspecified atom stereocenters. The molecule has 16 heavy (non-hydrogen) atoms. The van der Waals surface area contributed by atoms with E-state index >= 15 is 0 Å². The van der Waals surface area contributed by atoms with E-state index in [0.29, 0.717) is 11.7 Å². The minimum absolute atomic E-state index is 0.563. The van der Waals surface area contributed by atoms with Crippen LogP contribution < -0.4 is 10.1 Å². The molecule has 84 valence electrons. The van der Waals surface area contributed by atoms with E-state index in [4.69, 9.17) is 4.74 Å². The molecule has 0 aromatic carbocycles. The van der Waals surface area contributed by atoms with E-state index in [1.807, 2.05) is 26.2 Å². The monoisotopic (exact) mass is 219 g/mol. The van der Waals surface area contributed by atoms with Crippen LogP contribution in [0.25, 0.3) is 0 Å². The number of hydrogen-bond acceptors (Lipinski definition) is 5. The van der Waals surface area contributed by atoms with Crippen LogP contribution in [0.2, 0.25) is 0 Å². The number of rotatable bonds is 3.